The normalized spacial score (nSPS) is 11.1. The van der Waals surface area contributed by atoms with Crippen molar-refractivity contribution in [2.45, 2.75) is 6.16 Å². The standard InChI is InChI=1S/C32H25NO4P/c34-32(25-20-22-27(23-21-25)33(35)36)37-31-19-11-10-12-26(31)24-38(28-13-4-1-5-14-28,29-15-6-2-7-16-29)30-17-8-3-9-18-30/h1-23H,24H2/q+1. The van der Waals surface area contributed by atoms with Gasteiger partial charge in [-0.05, 0) is 54.6 Å². The third-order valence-electron chi connectivity index (χ3n) is 6.49. The van der Waals surface area contributed by atoms with E-state index in [0.717, 1.165) is 5.56 Å². The number of para-hydroxylation sites is 1. The largest absolute Gasteiger partial charge is 0.422 e. The first-order valence-corrected chi connectivity index (χ1v) is 14.1. The molecule has 0 aliphatic heterocycles. The fourth-order valence-corrected chi connectivity index (χ4v) is 8.89. The van der Waals surface area contributed by atoms with Crippen molar-refractivity contribution in [1.82, 2.24) is 0 Å². The van der Waals surface area contributed by atoms with Crippen LogP contribution in [0, 0.1) is 10.1 Å². The zero-order chi connectivity index (χ0) is 26.4. The SMILES string of the molecule is O=C(Oc1ccccc1C[P+](c1ccccc1)(c1ccccc1)c1ccccc1)c1ccc([N+](=O)[O-])cc1. The molecule has 0 spiro atoms. The quantitative estimate of drug-likeness (QED) is 0.0794. The van der Waals surface area contributed by atoms with Crippen molar-refractivity contribution in [3.63, 3.8) is 0 Å². The summed E-state index contributed by atoms with van der Waals surface area (Å²) in [7, 11) is -2.20. The summed E-state index contributed by atoms with van der Waals surface area (Å²) in [5, 5.41) is 14.7. The van der Waals surface area contributed by atoms with Gasteiger partial charge in [-0.15, -0.1) is 0 Å². The molecule has 0 N–H and O–H groups in total. The van der Waals surface area contributed by atoms with Crippen molar-refractivity contribution in [2.24, 2.45) is 0 Å². The second kappa shape index (κ2) is 11.2. The van der Waals surface area contributed by atoms with Gasteiger partial charge in [0.05, 0.1) is 10.5 Å². The molecule has 0 amide bonds. The number of carbonyl (C=O) groups is 1. The highest BCUT2D eigenvalue weighted by molar-refractivity contribution is 7.95. The lowest BCUT2D eigenvalue weighted by atomic mass is 10.2. The number of rotatable bonds is 8. The Morgan fingerprint density at radius 2 is 1.08 bits per heavy atom. The maximum atomic E-state index is 13.0. The molecular formula is C32H25NO4P+. The van der Waals surface area contributed by atoms with Crippen LogP contribution in [0.1, 0.15) is 15.9 Å². The van der Waals surface area contributed by atoms with E-state index in [9.17, 15) is 14.9 Å². The number of nitrogens with zero attached hydrogens (tertiary/aromatic N) is 1. The van der Waals surface area contributed by atoms with Gasteiger partial charge in [-0.2, -0.15) is 0 Å². The minimum absolute atomic E-state index is 0.0786. The average molecular weight is 519 g/mol. The molecule has 0 fully saturated rings. The van der Waals surface area contributed by atoms with Crippen LogP contribution in [-0.4, -0.2) is 10.9 Å². The summed E-state index contributed by atoms with van der Waals surface area (Å²) >= 11 is 0. The predicted octanol–water partition coefficient (Wildman–Crippen LogP) is 6.31. The first kappa shape index (κ1) is 25.1. The van der Waals surface area contributed by atoms with Crippen LogP contribution in [0.4, 0.5) is 5.69 Å². The third-order valence-corrected chi connectivity index (χ3v) is 10.8. The number of hydrogen-bond donors (Lipinski definition) is 0. The molecule has 5 rings (SSSR count). The first-order valence-electron chi connectivity index (χ1n) is 12.2. The van der Waals surface area contributed by atoms with Crippen molar-refractivity contribution < 1.29 is 14.5 Å². The van der Waals surface area contributed by atoms with Crippen LogP contribution in [0.5, 0.6) is 5.75 Å². The van der Waals surface area contributed by atoms with Crippen LogP contribution in [0.25, 0.3) is 0 Å². The number of esters is 1. The molecule has 0 aliphatic carbocycles. The van der Waals surface area contributed by atoms with Gasteiger partial charge < -0.3 is 4.74 Å². The number of benzene rings is 5. The highest BCUT2D eigenvalue weighted by atomic mass is 31.2. The molecule has 5 aromatic carbocycles. The van der Waals surface area contributed by atoms with E-state index < -0.39 is 18.2 Å². The average Bonchev–Trinajstić information content (AvgIpc) is 2.98. The van der Waals surface area contributed by atoms with Crippen LogP contribution in [0.15, 0.2) is 140 Å². The molecule has 6 heteroatoms. The minimum Gasteiger partial charge on any atom is -0.422 e. The maximum Gasteiger partial charge on any atom is 0.343 e. The molecule has 0 bridgehead atoms. The Bertz CT molecular complexity index is 1440. The van der Waals surface area contributed by atoms with Crippen molar-refractivity contribution in [2.75, 3.05) is 0 Å². The van der Waals surface area contributed by atoms with E-state index in [2.05, 4.69) is 72.8 Å². The van der Waals surface area contributed by atoms with E-state index in [-0.39, 0.29) is 11.3 Å². The lowest BCUT2D eigenvalue weighted by molar-refractivity contribution is -0.384. The molecule has 0 saturated heterocycles. The van der Waals surface area contributed by atoms with Crippen molar-refractivity contribution >= 4 is 34.8 Å². The van der Waals surface area contributed by atoms with E-state index in [1.165, 1.54) is 40.2 Å². The minimum atomic E-state index is -2.20. The third kappa shape index (κ3) is 5.10. The van der Waals surface area contributed by atoms with Crippen LogP contribution in [0.3, 0.4) is 0 Å². The molecule has 0 aliphatic rings. The summed E-state index contributed by atoms with van der Waals surface area (Å²) in [4.78, 5) is 23.5. The van der Waals surface area contributed by atoms with E-state index in [1.54, 1.807) is 6.07 Å². The molecular weight excluding hydrogens is 493 g/mol. The highest BCUT2D eigenvalue weighted by Crippen LogP contribution is 2.59. The monoisotopic (exact) mass is 518 g/mol. The Labute approximate surface area is 221 Å². The highest BCUT2D eigenvalue weighted by Gasteiger charge is 2.46. The topological polar surface area (TPSA) is 69.4 Å². The van der Waals surface area contributed by atoms with E-state index >= 15 is 0 Å². The zero-order valence-corrected chi connectivity index (χ0v) is 21.4. The van der Waals surface area contributed by atoms with Crippen molar-refractivity contribution in [3.05, 3.63) is 161 Å². The van der Waals surface area contributed by atoms with Gasteiger partial charge in [-0.1, -0.05) is 72.8 Å². The van der Waals surface area contributed by atoms with Crippen LogP contribution in [0.2, 0.25) is 0 Å². The Morgan fingerprint density at radius 1 is 0.632 bits per heavy atom. The van der Waals surface area contributed by atoms with Crippen molar-refractivity contribution in [3.8, 4) is 5.75 Å². The van der Waals surface area contributed by atoms with Crippen LogP contribution >= 0.6 is 7.26 Å². The number of nitro groups is 1. The molecule has 0 aromatic heterocycles. The number of non-ortho nitro benzene ring substituents is 1. The molecule has 5 aromatic rings. The van der Waals surface area contributed by atoms with E-state index in [1.807, 2.05) is 36.4 Å². The molecule has 0 heterocycles. The molecule has 0 atom stereocenters. The Hall–Kier alpha value is -4.60. The molecule has 0 radical (unpaired) electrons. The number of nitro benzene ring substituents is 1. The van der Waals surface area contributed by atoms with Crippen molar-refractivity contribution in [1.29, 1.82) is 0 Å². The molecule has 186 valence electrons. The fraction of sp³-hybridized carbons (Fsp3) is 0.0312. The fourth-order valence-electron chi connectivity index (χ4n) is 4.64. The van der Waals surface area contributed by atoms with Gasteiger partial charge in [0.2, 0.25) is 0 Å². The lowest BCUT2D eigenvalue weighted by Gasteiger charge is -2.28. The van der Waals surface area contributed by atoms with E-state index in [0.29, 0.717) is 11.9 Å². The summed E-state index contributed by atoms with van der Waals surface area (Å²) in [6.07, 6.45) is 0.648. The Balaban J connectivity index is 1.60. The molecule has 0 saturated carbocycles. The lowest BCUT2D eigenvalue weighted by Crippen LogP contribution is -2.32. The van der Waals surface area contributed by atoms with Gasteiger partial charge in [0, 0.05) is 17.7 Å². The predicted molar refractivity (Wildman–Crippen MR) is 153 cm³/mol. The second-order valence-electron chi connectivity index (χ2n) is 8.78. The van der Waals surface area contributed by atoms with Gasteiger partial charge in [0.25, 0.3) is 5.69 Å². The second-order valence-corrected chi connectivity index (χ2v) is 12.3. The van der Waals surface area contributed by atoms with Gasteiger partial charge >= 0.3 is 5.97 Å². The van der Waals surface area contributed by atoms with Crippen LogP contribution in [-0.2, 0) is 6.16 Å². The number of carbonyl (C=O) groups excluding carboxylic acids is 1. The van der Waals surface area contributed by atoms with Gasteiger partial charge in [-0.3, -0.25) is 10.1 Å². The number of hydrogen-bond acceptors (Lipinski definition) is 4. The number of ether oxygens (including phenoxy) is 1. The zero-order valence-electron chi connectivity index (χ0n) is 20.5. The van der Waals surface area contributed by atoms with Gasteiger partial charge in [0.1, 0.15) is 35.1 Å². The van der Waals surface area contributed by atoms with Gasteiger partial charge in [-0.25, -0.2) is 4.79 Å². The summed E-state index contributed by atoms with van der Waals surface area (Å²) in [6.45, 7) is 0. The maximum absolute atomic E-state index is 13.0. The van der Waals surface area contributed by atoms with Crippen LogP contribution < -0.4 is 20.7 Å². The summed E-state index contributed by atoms with van der Waals surface area (Å²) in [5.74, 6) is -0.0848. The first-order chi connectivity index (χ1) is 18.6. The van der Waals surface area contributed by atoms with E-state index in [4.69, 9.17) is 4.74 Å². The smallest absolute Gasteiger partial charge is 0.343 e. The summed E-state index contributed by atoms with van der Waals surface area (Å²) in [6, 6.07) is 44.6. The molecule has 0 unspecified atom stereocenters. The molecule has 5 nitrogen and oxygen atoms in total. The summed E-state index contributed by atoms with van der Waals surface area (Å²) < 4.78 is 5.89. The molecule has 38 heavy (non-hydrogen) atoms. The van der Waals surface area contributed by atoms with Gasteiger partial charge in [0.15, 0.2) is 0 Å². The Morgan fingerprint density at radius 3 is 1.55 bits per heavy atom. The Kier molecular flexibility index (Phi) is 7.39. The summed E-state index contributed by atoms with van der Waals surface area (Å²) in [5.41, 5.74) is 1.08.